The number of hydrogen-bond acceptors (Lipinski definition) is 9. The minimum atomic E-state index is -2.56. The molecule has 0 spiro atoms. The first-order valence-corrected chi connectivity index (χ1v) is 23.1. The molecule has 2 N–H and O–H groups in total. The number of rotatable bonds is 12. The minimum Gasteiger partial charge on any atom is -0.467 e. The van der Waals surface area contributed by atoms with Crippen LogP contribution in [-0.4, -0.2) is 62.1 Å². The van der Waals surface area contributed by atoms with E-state index >= 15 is 0 Å². The third-order valence-corrected chi connectivity index (χ3v) is 18.4. The minimum absolute atomic E-state index is 0.205. The van der Waals surface area contributed by atoms with Crippen molar-refractivity contribution in [3.8, 4) is 0 Å². The number of carbonyl (C=O) groups is 2. The Morgan fingerprint density at radius 1 is 0.882 bits per heavy atom. The maximum atomic E-state index is 14.0. The van der Waals surface area contributed by atoms with Gasteiger partial charge in [-0.25, -0.2) is 14.2 Å². The van der Waals surface area contributed by atoms with Gasteiger partial charge in [-0.15, -0.1) is 0 Å². The SMILES string of the molecule is CC(C)(C)OC(=O)NCC(=O)N/C=C1\O[C@@H](n2ccc(=O)n(COCc3ccccc3)c2=O)[C@H](O[Si](C)(C)C(C)(C)C)[C@@H]1O[Si](C)(C)C(C)(C)C. The molecule has 51 heavy (non-hydrogen) atoms. The van der Waals surface area contributed by atoms with Crippen LogP contribution in [0.15, 0.2) is 64.1 Å². The first-order valence-electron chi connectivity index (χ1n) is 17.3. The highest BCUT2D eigenvalue weighted by molar-refractivity contribution is 6.74. The van der Waals surface area contributed by atoms with E-state index < -0.39 is 63.9 Å². The highest BCUT2D eigenvalue weighted by Gasteiger charge is 2.53. The number of alkyl carbamates (subject to hydrolysis) is 1. The molecule has 0 unspecified atom stereocenters. The summed E-state index contributed by atoms with van der Waals surface area (Å²) in [5.41, 5.74) is -1.01. The Morgan fingerprint density at radius 3 is 2.04 bits per heavy atom. The zero-order valence-corrected chi connectivity index (χ0v) is 34.5. The summed E-state index contributed by atoms with van der Waals surface area (Å²) < 4.78 is 33.9. The van der Waals surface area contributed by atoms with Crippen molar-refractivity contribution in [3.05, 3.63) is 81.0 Å². The summed E-state index contributed by atoms with van der Waals surface area (Å²) in [5.74, 6) is -0.293. The molecule has 15 heteroatoms. The van der Waals surface area contributed by atoms with Crippen molar-refractivity contribution in [1.29, 1.82) is 0 Å². The second kappa shape index (κ2) is 16.0. The van der Waals surface area contributed by atoms with Crippen LogP contribution in [0.1, 0.15) is 74.1 Å². The number of aromatic nitrogens is 2. The summed E-state index contributed by atoms with van der Waals surface area (Å²) in [6.07, 6.45) is -0.677. The molecule has 0 saturated carbocycles. The second-order valence-electron chi connectivity index (χ2n) is 16.9. The van der Waals surface area contributed by atoms with Crippen molar-refractivity contribution in [2.24, 2.45) is 0 Å². The van der Waals surface area contributed by atoms with Gasteiger partial charge in [-0.2, -0.15) is 0 Å². The standard InChI is InChI=1S/C36H58N4O9Si2/c1-34(2,3)47-32(43)38-22-27(41)37-21-26-29(48-50(10,11)35(4,5)6)30(49-51(12,13)36(7,8)9)31(46-26)39-20-19-28(42)40(33(39)44)24-45-23-25-17-15-14-16-18-25/h14-21,29-31H,22-24H2,1-13H3,(H,37,41)(H,38,43)/b26-21-/t29-,30-,31-/m1/s1. The molecule has 0 aliphatic carbocycles. The van der Waals surface area contributed by atoms with E-state index in [0.717, 1.165) is 10.1 Å². The van der Waals surface area contributed by atoms with Crippen LogP contribution in [0.5, 0.6) is 0 Å². The number of nitrogens with one attached hydrogen (secondary N) is 2. The van der Waals surface area contributed by atoms with Crippen LogP contribution >= 0.6 is 0 Å². The molecule has 1 aromatic heterocycles. The zero-order valence-electron chi connectivity index (χ0n) is 32.5. The number of nitrogens with zero attached hydrogens (tertiary/aromatic N) is 2. The van der Waals surface area contributed by atoms with Crippen molar-refractivity contribution in [2.45, 2.75) is 136 Å². The molecule has 1 aliphatic rings. The monoisotopic (exact) mass is 746 g/mol. The van der Waals surface area contributed by atoms with Gasteiger partial charge in [-0.3, -0.25) is 14.2 Å². The van der Waals surface area contributed by atoms with Gasteiger partial charge in [0.2, 0.25) is 12.1 Å². The normalized spacial score (nSPS) is 19.5. The fourth-order valence-corrected chi connectivity index (χ4v) is 7.03. The Bertz CT molecular complexity index is 1670. The van der Waals surface area contributed by atoms with Crippen molar-refractivity contribution in [2.75, 3.05) is 6.54 Å². The third-order valence-electron chi connectivity index (χ3n) is 9.45. The molecule has 284 valence electrons. The van der Waals surface area contributed by atoms with E-state index in [1.165, 1.54) is 23.0 Å². The summed E-state index contributed by atoms with van der Waals surface area (Å²) in [7, 11) is -5.09. The molecule has 13 nitrogen and oxygen atoms in total. The van der Waals surface area contributed by atoms with Gasteiger partial charge in [0.1, 0.15) is 36.8 Å². The number of hydrogen-bond donors (Lipinski definition) is 2. The van der Waals surface area contributed by atoms with E-state index in [1.807, 2.05) is 30.3 Å². The van der Waals surface area contributed by atoms with Gasteiger partial charge in [0.25, 0.3) is 5.56 Å². The largest absolute Gasteiger partial charge is 0.467 e. The summed E-state index contributed by atoms with van der Waals surface area (Å²) in [6.45, 7) is 25.8. The van der Waals surface area contributed by atoms with E-state index in [2.05, 4.69) is 78.4 Å². The van der Waals surface area contributed by atoms with Crippen LogP contribution in [-0.2, 0) is 41.2 Å². The van der Waals surface area contributed by atoms with Crippen LogP contribution in [0.25, 0.3) is 0 Å². The van der Waals surface area contributed by atoms with Crippen molar-refractivity contribution < 1.29 is 32.7 Å². The second-order valence-corrected chi connectivity index (χ2v) is 26.4. The Morgan fingerprint density at radius 2 is 1.47 bits per heavy atom. The van der Waals surface area contributed by atoms with Crippen LogP contribution in [0.2, 0.25) is 36.3 Å². The number of ether oxygens (including phenoxy) is 3. The number of amides is 2. The van der Waals surface area contributed by atoms with E-state index in [0.29, 0.717) is 0 Å². The van der Waals surface area contributed by atoms with Gasteiger partial charge in [0, 0.05) is 18.5 Å². The summed E-state index contributed by atoms with van der Waals surface area (Å²) in [4.78, 5) is 52.1. The fourth-order valence-electron chi connectivity index (χ4n) is 4.51. The predicted molar refractivity (Wildman–Crippen MR) is 201 cm³/mol. The molecule has 1 aromatic carbocycles. The smallest absolute Gasteiger partial charge is 0.408 e. The highest BCUT2D eigenvalue weighted by Crippen LogP contribution is 2.46. The molecule has 0 radical (unpaired) electrons. The topological polar surface area (TPSA) is 148 Å². The van der Waals surface area contributed by atoms with E-state index in [-0.39, 0.29) is 35.7 Å². The highest BCUT2D eigenvalue weighted by atomic mass is 28.4. The molecular weight excluding hydrogens is 689 g/mol. The average Bonchev–Trinajstić information content (AvgIpc) is 3.30. The summed E-state index contributed by atoms with van der Waals surface area (Å²) in [6, 6.07) is 10.7. The Labute approximate surface area is 303 Å². The zero-order chi connectivity index (χ0) is 38.6. The Hall–Kier alpha value is -3.51. The van der Waals surface area contributed by atoms with E-state index in [9.17, 15) is 19.2 Å². The van der Waals surface area contributed by atoms with Gasteiger partial charge in [-0.1, -0.05) is 71.9 Å². The van der Waals surface area contributed by atoms with Crippen LogP contribution < -0.4 is 21.9 Å². The molecule has 1 saturated heterocycles. The molecule has 2 amide bonds. The molecule has 3 rings (SSSR count). The molecule has 2 heterocycles. The number of carbonyl (C=O) groups excluding carboxylic acids is 2. The van der Waals surface area contributed by atoms with Gasteiger partial charge in [0.15, 0.2) is 16.6 Å². The lowest BCUT2D eigenvalue weighted by atomic mass is 10.2. The summed E-state index contributed by atoms with van der Waals surface area (Å²) >= 11 is 0. The maximum Gasteiger partial charge on any atom is 0.408 e. The van der Waals surface area contributed by atoms with Gasteiger partial charge in [-0.05, 0) is 62.6 Å². The van der Waals surface area contributed by atoms with Gasteiger partial charge < -0.3 is 33.7 Å². The van der Waals surface area contributed by atoms with Crippen LogP contribution in [0, 0.1) is 0 Å². The summed E-state index contributed by atoms with van der Waals surface area (Å²) in [5, 5.41) is 4.71. The average molecular weight is 747 g/mol. The van der Waals surface area contributed by atoms with Crippen molar-refractivity contribution >= 4 is 28.6 Å². The van der Waals surface area contributed by atoms with Gasteiger partial charge in [0.05, 0.1) is 6.61 Å². The lowest BCUT2D eigenvalue weighted by molar-refractivity contribution is -0.119. The van der Waals surface area contributed by atoms with Crippen LogP contribution in [0.3, 0.4) is 0 Å². The molecule has 3 atom stereocenters. The van der Waals surface area contributed by atoms with E-state index in [4.69, 9.17) is 23.1 Å². The first-order chi connectivity index (χ1) is 23.3. The number of benzene rings is 1. The van der Waals surface area contributed by atoms with Crippen molar-refractivity contribution in [1.82, 2.24) is 19.8 Å². The maximum absolute atomic E-state index is 14.0. The Balaban J connectivity index is 2.06. The third kappa shape index (κ3) is 11.2. The fraction of sp³-hybridized carbons (Fsp3) is 0.611. The predicted octanol–water partition coefficient (Wildman–Crippen LogP) is 5.98. The Kier molecular flexibility index (Phi) is 13.2. The molecule has 1 fully saturated rings. The molecular formula is C36H58N4O9Si2. The molecule has 0 bridgehead atoms. The van der Waals surface area contributed by atoms with E-state index in [1.54, 1.807) is 20.8 Å². The van der Waals surface area contributed by atoms with Gasteiger partial charge >= 0.3 is 11.8 Å². The lowest BCUT2D eigenvalue weighted by Crippen LogP contribution is -2.53. The first kappa shape index (κ1) is 41.9. The van der Waals surface area contributed by atoms with Crippen molar-refractivity contribution in [3.63, 3.8) is 0 Å². The molecule has 2 aromatic rings. The lowest BCUT2D eigenvalue weighted by Gasteiger charge is -2.43. The van der Waals surface area contributed by atoms with Crippen LogP contribution in [0.4, 0.5) is 4.79 Å². The molecule has 1 aliphatic heterocycles. The quantitative estimate of drug-likeness (QED) is 0.251.